The quantitative estimate of drug-likeness (QED) is 0.822. The molecule has 0 atom stereocenters. The standard InChI is InChI=1S/C17H17ClN2O3/c1-11-4-3-5-13(8-11)19-10-16(21)20-15-9-12(17(22)23-2)6-7-14(15)18/h3-9,19H,10H2,1-2H3,(H,20,21). The summed E-state index contributed by atoms with van der Waals surface area (Å²) in [5, 5.41) is 6.05. The summed E-state index contributed by atoms with van der Waals surface area (Å²) >= 11 is 6.04. The molecule has 0 saturated heterocycles. The summed E-state index contributed by atoms with van der Waals surface area (Å²) < 4.78 is 4.65. The third-order valence-corrected chi connectivity index (χ3v) is 3.46. The normalized spacial score (nSPS) is 10.0. The van der Waals surface area contributed by atoms with Crippen LogP contribution in [0.1, 0.15) is 15.9 Å². The fraction of sp³-hybridized carbons (Fsp3) is 0.176. The van der Waals surface area contributed by atoms with Gasteiger partial charge in [-0.05, 0) is 42.8 Å². The molecule has 0 aliphatic heterocycles. The van der Waals surface area contributed by atoms with E-state index in [2.05, 4.69) is 15.4 Å². The number of halogens is 1. The monoisotopic (exact) mass is 332 g/mol. The number of nitrogens with one attached hydrogen (secondary N) is 2. The van der Waals surface area contributed by atoms with Crippen LogP contribution in [-0.4, -0.2) is 25.5 Å². The van der Waals surface area contributed by atoms with E-state index in [4.69, 9.17) is 11.6 Å². The maximum atomic E-state index is 12.0. The topological polar surface area (TPSA) is 67.4 Å². The molecule has 23 heavy (non-hydrogen) atoms. The maximum Gasteiger partial charge on any atom is 0.337 e. The van der Waals surface area contributed by atoms with Gasteiger partial charge >= 0.3 is 5.97 Å². The van der Waals surface area contributed by atoms with Crippen molar-refractivity contribution in [1.82, 2.24) is 0 Å². The van der Waals surface area contributed by atoms with Gasteiger partial charge in [-0.2, -0.15) is 0 Å². The van der Waals surface area contributed by atoms with Crippen molar-refractivity contribution >= 4 is 34.9 Å². The number of carbonyl (C=O) groups excluding carboxylic acids is 2. The first-order valence-corrected chi connectivity index (χ1v) is 7.35. The number of esters is 1. The number of hydrogen-bond acceptors (Lipinski definition) is 4. The first-order valence-electron chi connectivity index (χ1n) is 6.98. The van der Waals surface area contributed by atoms with E-state index in [-0.39, 0.29) is 12.5 Å². The summed E-state index contributed by atoms with van der Waals surface area (Å²) in [5.41, 5.74) is 2.64. The van der Waals surface area contributed by atoms with Gasteiger partial charge in [-0.25, -0.2) is 4.79 Å². The van der Waals surface area contributed by atoms with Crippen LogP contribution in [0, 0.1) is 6.92 Å². The van der Waals surface area contributed by atoms with Crippen LogP contribution >= 0.6 is 11.6 Å². The summed E-state index contributed by atoms with van der Waals surface area (Å²) in [6.45, 7) is 2.06. The van der Waals surface area contributed by atoms with E-state index in [1.807, 2.05) is 31.2 Å². The van der Waals surface area contributed by atoms with Crippen molar-refractivity contribution in [3.63, 3.8) is 0 Å². The van der Waals surface area contributed by atoms with Crippen LogP contribution in [0.15, 0.2) is 42.5 Å². The number of carbonyl (C=O) groups is 2. The van der Waals surface area contributed by atoms with E-state index in [0.29, 0.717) is 16.3 Å². The minimum absolute atomic E-state index is 0.0855. The summed E-state index contributed by atoms with van der Waals surface area (Å²) in [7, 11) is 1.29. The van der Waals surface area contributed by atoms with Gasteiger partial charge in [0.05, 0.1) is 29.9 Å². The molecule has 120 valence electrons. The Balaban J connectivity index is 2.01. The van der Waals surface area contributed by atoms with Gasteiger partial charge in [0.1, 0.15) is 0 Å². The second kappa shape index (κ2) is 7.65. The molecule has 0 fully saturated rings. The molecule has 0 radical (unpaired) electrons. The average molecular weight is 333 g/mol. The van der Waals surface area contributed by atoms with E-state index >= 15 is 0 Å². The van der Waals surface area contributed by atoms with E-state index in [0.717, 1.165) is 11.3 Å². The van der Waals surface area contributed by atoms with Gasteiger partial charge in [0.25, 0.3) is 0 Å². The second-order valence-corrected chi connectivity index (χ2v) is 5.36. The molecule has 0 aliphatic rings. The number of ether oxygens (including phenoxy) is 1. The lowest BCUT2D eigenvalue weighted by molar-refractivity contribution is -0.114. The Morgan fingerprint density at radius 3 is 2.65 bits per heavy atom. The molecular weight excluding hydrogens is 316 g/mol. The van der Waals surface area contributed by atoms with Gasteiger partial charge < -0.3 is 15.4 Å². The van der Waals surface area contributed by atoms with Crippen LogP contribution in [-0.2, 0) is 9.53 Å². The molecule has 2 N–H and O–H groups in total. The first-order chi connectivity index (χ1) is 11.0. The first kappa shape index (κ1) is 16.8. The predicted octanol–water partition coefficient (Wildman–Crippen LogP) is 3.49. The number of amides is 1. The molecular formula is C17H17ClN2O3. The maximum absolute atomic E-state index is 12.0. The zero-order valence-corrected chi connectivity index (χ0v) is 13.6. The molecule has 0 saturated carbocycles. The highest BCUT2D eigenvalue weighted by atomic mass is 35.5. The van der Waals surface area contributed by atoms with Gasteiger partial charge in [-0.15, -0.1) is 0 Å². The van der Waals surface area contributed by atoms with Crippen molar-refractivity contribution in [3.8, 4) is 0 Å². The molecule has 2 aromatic carbocycles. The van der Waals surface area contributed by atoms with E-state index in [1.54, 1.807) is 0 Å². The Hall–Kier alpha value is -2.53. The highest BCUT2D eigenvalue weighted by Gasteiger charge is 2.11. The SMILES string of the molecule is COC(=O)c1ccc(Cl)c(NC(=O)CNc2cccc(C)c2)c1. The van der Waals surface area contributed by atoms with Crippen LogP contribution < -0.4 is 10.6 Å². The van der Waals surface area contributed by atoms with Crippen LogP contribution in [0.3, 0.4) is 0 Å². The zero-order valence-electron chi connectivity index (χ0n) is 12.9. The van der Waals surface area contributed by atoms with Gasteiger partial charge in [-0.1, -0.05) is 23.7 Å². The Bertz CT molecular complexity index is 732. The molecule has 0 heterocycles. The lowest BCUT2D eigenvalue weighted by atomic mass is 10.2. The largest absolute Gasteiger partial charge is 0.465 e. The Labute approximate surface area is 139 Å². The molecule has 2 rings (SSSR count). The summed E-state index contributed by atoms with van der Waals surface area (Å²) in [6, 6.07) is 12.3. The van der Waals surface area contributed by atoms with Crippen LogP contribution in [0.4, 0.5) is 11.4 Å². The Morgan fingerprint density at radius 1 is 1.17 bits per heavy atom. The fourth-order valence-corrected chi connectivity index (χ4v) is 2.16. The Kier molecular flexibility index (Phi) is 5.60. The molecule has 0 spiro atoms. The number of hydrogen-bond donors (Lipinski definition) is 2. The molecule has 0 aliphatic carbocycles. The Morgan fingerprint density at radius 2 is 1.96 bits per heavy atom. The minimum Gasteiger partial charge on any atom is -0.465 e. The average Bonchev–Trinajstić information content (AvgIpc) is 2.54. The van der Waals surface area contributed by atoms with Crippen molar-refractivity contribution in [2.24, 2.45) is 0 Å². The van der Waals surface area contributed by atoms with Gasteiger partial charge in [0.2, 0.25) is 5.91 Å². The third-order valence-electron chi connectivity index (χ3n) is 3.13. The van der Waals surface area contributed by atoms with Gasteiger partial charge in [-0.3, -0.25) is 4.79 Å². The van der Waals surface area contributed by atoms with E-state index in [1.165, 1.54) is 25.3 Å². The highest BCUT2D eigenvalue weighted by molar-refractivity contribution is 6.33. The molecule has 0 bridgehead atoms. The van der Waals surface area contributed by atoms with Crippen LogP contribution in [0.5, 0.6) is 0 Å². The third kappa shape index (κ3) is 4.72. The smallest absolute Gasteiger partial charge is 0.337 e. The second-order valence-electron chi connectivity index (χ2n) is 4.96. The predicted molar refractivity (Wildman–Crippen MR) is 91.1 cm³/mol. The molecule has 2 aromatic rings. The lowest BCUT2D eigenvalue weighted by Crippen LogP contribution is -2.22. The molecule has 0 aromatic heterocycles. The lowest BCUT2D eigenvalue weighted by Gasteiger charge is -2.10. The number of aryl methyl sites for hydroxylation is 1. The van der Waals surface area contributed by atoms with Crippen molar-refractivity contribution < 1.29 is 14.3 Å². The number of methoxy groups -OCH3 is 1. The van der Waals surface area contributed by atoms with Gasteiger partial charge in [0, 0.05) is 5.69 Å². The molecule has 0 unspecified atom stereocenters. The van der Waals surface area contributed by atoms with E-state index in [9.17, 15) is 9.59 Å². The summed E-state index contributed by atoms with van der Waals surface area (Å²) in [4.78, 5) is 23.5. The fourth-order valence-electron chi connectivity index (χ4n) is 2.00. The molecule has 5 nitrogen and oxygen atoms in total. The van der Waals surface area contributed by atoms with E-state index < -0.39 is 5.97 Å². The number of anilines is 2. The summed E-state index contributed by atoms with van der Waals surface area (Å²) in [5.74, 6) is -0.759. The van der Waals surface area contributed by atoms with Gasteiger partial charge in [0.15, 0.2) is 0 Å². The zero-order chi connectivity index (χ0) is 16.8. The number of benzene rings is 2. The summed E-state index contributed by atoms with van der Waals surface area (Å²) in [6.07, 6.45) is 0. The van der Waals surface area contributed by atoms with Crippen molar-refractivity contribution in [3.05, 3.63) is 58.6 Å². The van der Waals surface area contributed by atoms with Crippen LogP contribution in [0.2, 0.25) is 5.02 Å². The highest BCUT2D eigenvalue weighted by Crippen LogP contribution is 2.23. The minimum atomic E-state index is -0.491. The molecule has 1 amide bonds. The van der Waals surface area contributed by atoms with Crippen molar-refractivity contribution in [2.75, 3.05) is 24.3 Å². The molecule has 6 heteroatoms. The van der Waals surface area contributed by atoms with Crippen molar-refractivity contribution in [1.29, 1.82) is 0 Å². The van der Waals surface area contributed by atoms with Crippen LogP contribution in [0.25, 0.3) is 0 Å². The van der Waals surface area contributed by atoms with Crippen molar-refractivity contribution in [2.45, 2.75) is 6.92 Å². The number of rotatable bonds is 5.